The SMILES string of the molecule is CN1C[C@@H](NC(=O)N2CCN(c3ccccc3)CC2)CC1=O. The van der Waals surface area contributed by atoms with Gasteiger partial charge in [0, 0.05) is 51.9 Å². The zero-order valence-electron chi connectivity index (χ0n) is 12.9. The molecule has 3 amide bonds. The highest BCUT2D eigenvalue weighted by Crippen LogP contribution is 2.16. The third-order valence-electron chi connectivity index (χ3n) is 4.36. The van der Waals surface area contributed by atoms with Gasteiger partial charge < -0.3 is 20.0 Å². The van der Waals surface area contributed by atoms with Gasteiger partial charge in [0.05, 0.1) is 6.04 Å². The molecule has 2 aliphatic heterocycles. The molecule has 22 heavy (non-hydrogen) atoms. The van der Waals surface area contributed by atoms with E-state index in [1.54, 1.807) is 11.9 Å². The number of rotatable bonds is 2. The Kier molecular flexibility index (Phi) is 4.18. The van der Waals surface area contributed by atoms with Gasteiger partial charge >= 0.3 is 6.03 Å². The molecule has 1 aromatic rings. The molecule has 0 radical (unpaired) electrons. The van der Waals surface area contributed by atoms with E-state index in [0.29, 0.717) is 26.1 Å². The molecule has 3 rings (SSSR count). The van der Waals surface area contributed by atoms with Crippen LogP contribution >= 0.6 is 0 Å². The number of likely N-dealkylation sites (tertiary alicyclic amines) is 1. The third kappa shape index (κ3) is 3.16. The van der Waals surface area contributed by atoms with Crippen LogP contribution in [0, 0.1) is 0 Å². The first-order valence-corrected chi connectivity index (χ1v) is 7.73. The van der Waals surface area contributed by atoms with Gasteiger partial charge in [0.25, 0.3) is 0 Å². The summed E-state index contributed by atoms with van der Waals surface area (Å²) in [5.74, 6) is 0.0965. The Morgan fingerprint density at radius 1 is 1.14 bits per heavy atom. The summed E-state index contributed by atoms with van der Waals surface area (Å²) in [7, 11) is 1.77. The molecule has 1 N–H and O–H groups in total. The Labute approximate surface area is 130 Å². The van der Waals surface area contributed by atoms with Crippen LogP contribution in [0.1, 0.15) is 6.42 Å². The minimum absolute atomic E-state index is 0.0548. The van der Waals surface area contributed by atoms with Crippen molar-refractivity contribution in [2.75, 3.05) is 44.7 Å². The number of carbonyl (C=O) groups is 2. The molecule has 2 heterocycles. The van der Waals surface area contributed by atoms with Crippen LogP contribution < -0.4 is 10.2 Å². The number of para-hydroxylation sites is 1. The van der Waals surface area contributed by atoms with Crippen molar-refractivity contribution in [2.45, 2.75) is 12.5 Å². The lowest BCUT2D eigenvalue weighted by Gasteiger charge is -2.36. The minimum Gasteiger partial charge on any atom is -0.368 e. The van der Waals surface area contributed by atoms with Crippen LogP contribution in [-0.2, 0) is 4.79 Å². The van der Waals surface area contributed by atoms with Gasteiger partial charge in [-0.25, -0.2) is 4.79 Å². The van der Waals surface area contributed by atoms with Crippen molar-refractivity contribution < 1.29 is 9.59 Å². The lowest BCUT2D eigenvalue weighted by Crippen LogP contribution is -2.53. The fourth-order valence-electron chi connectivity index (χ4n) is 3.03. The quantitative estimate of drug-likeness (QED) is 0.877. The van der Waals surface area contributed by atoms with Crippen molar-refractivity contribution in [1.29, 1.82) is 0 Å². The van der Waals surface area contributed by atoms with E-state index < -0.39 is 0 Å². The Hall–Kier alpha value is -2.24. The van der Waals surface area contributed by atoms with E-state index in [0.717, 1.165) is 13.1 Å². The molecular weight excluding hydrogens is 280 g/mol. The number of piperazine rings is 1. The van der Waals surface area contributed by atoms with Gasteiger partial charge in [-0.15, -0.1) is 0 Å². The van der Waals surface area contributed by atoms with Gasteiger partial charge in [-0.3, -0.25) is 4.79 Å². The molecule has 1 atom stereocenters. The first-order chi connectivity index (χ1) is 10.6. The number of likely N-dealkylation sites (N-methyl/N-ethyl adjacent to an activating group) is 1. The predicted molar refractivity (Wildman–Crippen MR) is 84.8 cm³/mol. The molecule has 6 heteroatoms. The number of carbonyl (C=O) groups excluding carboxylic acids is 2. The summed E-state index contributed by atoms with van der Waals surface area (Å²) in [4.78, 5) is 29.6. The third-order valence-corrected chi connectivity index (χ3v) is 4.36. The van der Waals surface area contributed by atoms with Crippen molar-refractivity contribution in [3.8, 4) is 0 Å². The molecule has 0 saturated carbocycles. The monoisotopic (exact) mass is 302 g/mol. The molecule has 1 aromatic carbocycles. The second-order valence-corrected chi connectivity index (χ2v) is 5.93. The Morgan fingerprint density at radius 3 is 2.41 bits per heavy atom. The summed E-state index contributed by atoms with van der Waals surface area (Å²) >= 11 is 0. The van der Waals surface area contributed by atoms with Gasteiger partial charge in [-0.05, 0) is 12.1 Å². The van der Waals surface area contributed by atoms with E-state index in [9.17, 15) is 9.59 Å². The number of amides is 3. The molecule has 2 saturated heterocycles. The lowest BCUT2D eigenvalue weighted by atomic mass is 10.2. The molecule has 0 unspecified atom stereocenters. The Balaban J connectivity index is 1.49. The second kappa shape index (κ2) is 6.25. The maximum absolute atomic E-state index is 12.3. The van der Waals surface area contributed by atoms with Gasteiger partial charge in [0.2, 0.25) is 5.91 Å². The minimum atomic E-state index is -0.0582. The number of hydrogen-bond donors (Lipinski definition) is 1. The van der Waals surface area contributed by atoms with E-state index in [1.807, 2.05) is 23.1 Å². The largest absolute Gasteiger partial charge is 0.368 e. The molecule has 2 fully saturated rings. The Morgan fingerprint density at radius 2 is 1.82 bits per heavy atom. The number of benzene rings is 1. The number of anilines is 1. The van der Waals surface area contributed by atoms with Crippen molar-refractivity contribution in [3.63, 3.8) is 0 Å². The van der Waals surface area contributed by atoms with Crippen LogP contribution in [0.15, 0.2) is 30.3 Å². The van der Waals surface area contributed by atoms with Crippen LogP contribution in [0.2, 0.25) is 0 Å². The molecule has 0 aromatic heterocycles. The maximum atomic E-state index is 12.3. The van der Waals surface area contributed by atoms with Crippen molar-refractivity contribution >= 4 is 17.6 Å². The lowest BCUT2D eigenvalue weighted by molar-refractivity contribution is -0.126. The number of hydrogen-bond acceptors (Lipinski definition) is 3. The molecular formula is C16H22N4O2. The topological polar surface area (TPSA) is 55.9 Å². The van der Waals surface area contributed by atoms with Crippen LogP contribution in [0.5, 0.6) is 0 Å². The molecule has 6 nitrogen and oxygen atoms in total. The summed E-state index contributed by atoms with van der Waals surface area (Å²) in [5.41, 5.74) is 1.20. The number of urea groups is 1. The molecule has 0 aliphatic carbocycles. The molecule has 0 spiro atoms. The fraction of sp³-hybridized carbons (Fsp3) is 0.500. The molecule has 0 bridgehead atoms. The second-order valence-electron chi connectivity index (χ2n) is 5.93. The van der Waals surface area contributed by atoms with Crippen molar-refractivity contribution in [2.24, 2.45) is 0 Å². The first-order valence-electron chi connectivity index (χ1n) is 7.73. The van der Waals surface area contributed by atoms with Crippen molar-refractivity contribution in [1.82, 2.24) is 15.1 Å². The average Bonchev–Trinajstić information content (AvgIpc) is 2.86. The summed E-state index contributed by atoms with van der Waals surface area (Å²) in [5, 5.41) is 2.97. The first kappa shape index (κ1) is 14.7. The van der Waals surface area contributed by atoms with Crippen molar-refractivity contribution in [3.05, 3.63) is 30.3 Å². The zero-order valence-corrected chi connectivity index (χ0v) is 12.9. The normalized spacial score (nSPS) is 22.1. The smallest absolute Gasteiger partial charge is 0.317 e. The predicted octanol–water partition coefficient (Wildman–Crippen LogP) is 0.749. The van der Waals surface area contributed by atoms with E-state index in [4.69, 9.17) is 0 Å². The van der Waals surface area contributed by atoms with E-state index >= 15 is 0 Å². The fourth-order valence-corrected chi connectivity index (χ4v) is 3.03. The van der Waals surface area contributed by atoms with Crippen LogP contribution in [-0.4, -0.2) is 67.6 Å². The summed E-state index contributed by atoms with van der Waals surface area (Å²) in [6.45, 7) is 3.69. The van der Waals surface area contributed by atoms with E-state index in [1.165, 1.54) is 5.69 Å². The molecule has 2 aliphatic rings. The number of nitrogens with zero attached hydrogens (tertiary/aromatic N) is 3. The molecule has 118 valence electrons. The van der Waals surface area contributed by atoms with Gasteiger partial charge in [-0.1, -0.05) is 18.2 Å². The highest BCUT2D eigenvalue weighted by atomic mass is 16.2. The summed E-state index contributed by atoms with van der Waals surface area (Å²) in [6, 6.07) is 10.1. The Bertz CT molecular complexity index is 540. The van der Waals surface area contributed by atoms with Gasteiger partial charge in [0.15, 0.2) is 0 Å². The number of nitrogens with one attached hydrogen (secondary N) is 1. The van der Waals surface area contributed by atoms with Crippen LogP contribution in [0.3, 0.4) is 0 Å². The maximum Gasteiger partial charge on any atom is 0.317 e. The highest BCUT2D eigenvalue weighted by Gasteiger charge is 2.30. The summed E-state index contributed by atoms with van der Waals surface area (Å²) < 4.78 is 0. The average molecular weight is 302 g/mol. The van der Waals surface area contributed by atoms with Gasteiger partial charge in [0.1, 0.15) is 0 Å². The highest BCUT2D eigenvalue weighted by molar-refractivity contribution is 5.81. The standard InChI is InChI=1S/C16H22N4O2/c1-18-12-13(11-15(18)21)17-16(22)20-9-7-19(8-10-20)14-5-3-2-4-6-14/h2-6,13H,7-12H2,1H3,(H,17,22)/t13-/m0/s1. The van der Waals surface area contributed by atoms with Crippen LogP contribution in [0.25, 0.3) is 0 Å². The van der Waals surface area contributed by atoms with E-state index in [-0.39, 0.29) is 18.0 Å². The van der Waals surface area contributed by atoms with Gasteiger partial charge in [-0.2, -0.15) is 0 Å². The zero-order chi connectivity index (χ0) is 15.5. The summed E-state index contributed by atoms with van der Waals surface area (Å²) in [6.07, 6.45) is 0.409. The van der Waals surface area contributed by atoms with E-state index in [2.05, 4.69) is 22.3 Å². The van der Waals surface area contributed by atoms with Crippen LogP contribution in [0.4, 0.5) is 10.5 Å².